The fraction of sp³-hybridized carbons (Fsp3) is 0.538. The summed E-state index contributed by atoms with van der Waals surface area (Å²) in [6.45, 7) is 1.86. The van der Waals surface area contributed by atoms with Crippen LogP contribution in [0.1, 0.15) is 6.42 Å². The minimum Gasteiger partial charge on any atom is -0.437 e. The molecule has 1 fully saturated rings. The zero-order valence-electron chi connectivity index (χ0n) is 12.2. The van der Waals surface area contributed by atoms with E-state index in [0.717, 1.165) is 18.6 Å². The van der Waals surface area contributed by atoms with Gasteiger partial charge in [-0.3, -0.25) is 0 Å². The molecule has 1 aliphatic rings. The largest absolute Gasteiger partial charge is 0.437 e. The fourth-order valence-electron chi connectivity index (χ4n) is 2.40. The van der Waals surface area contributed by atoms with Crippen LogP contribution in [0.5, 0.6) is 5.75 Å². The van der Waals surface area contributed by atoms with Crippen LogP contribution in [0.3, 0.4) is 0 Å². The van der Waals surface area contributed by atoms with Crippen LogP contribution in [0.15, 0.2) is 30.3 Å². The third-order valence-corrected chi connectivity index (χ3v) is 4.50. The van der Waals surface area contributed by atoms with Crippen LogP contribution in [-0.2, 0) is 4.33 Å². The van der Waals surface area contributed by atoms with Crippen molar-refractivity contribution in [2.45, 2.75) is 25.3 Å². The van der Waals surface area contributed by atoms with Gasteiger partial charge < -0.3 is 14.7 Å². The van der Waals surface area contributed by atoms with Gasteiger partial charge in [0.15, 0.2) is 5.75 Å². The Morgan fingerprint density at radius 1 is 1.48 bits per heavy atom. The van der Waals surface area contributed by atoms with Crippen molar-refractivity contribution in [1.29, 1.82) is 0 Å². The fourth-order valence-corrected chi connectivity index (χ4v) is 3.08. The Bertz CT molecular complexity index is 429. The second-order valence-electron chi connectivity index (χ2n) is 5.05. The number of benzene rings is 1. The molecule has 0 radical (unpaired) electrons. The van der Waals surface area contributed by atoms with Gasteiger partial charge in [-0.2, -0.15) is 0 Å². The highest BCUT2D eigenvalue weighted by Crippen LogP contribution is 2.30. The van der Waals surface area contributed by atoms with E-state index in [4.69, 9.17) is 9.22 Å². The van der Waals surface area contributed by atoms with Crippen molar-refractivity contribution in [3.05, 3.63) is 30.3 Å². The Hall–Kier alpha value is -0.795. The molecule has 116 valence electrons. The molecule has 2 rings (SSSR count). The maximum Gasteiger partial charge on any atom is 0.376 e. The van der Waals surface area contributed by atoms with Crippen LogP contribution in [0.4, 0.5) is 4.39 Å². The predicted octanol–water partition coefficient (Wildman–Crippen LogP) is 2.01. The smallest absolute Gasteiger partial charge is 0.376 e. The van der Waals surface area contributed by atoms with E-state index in [1.54, 1.807) is 30.8 Å². The van der Waals surface area contributed by atoms with Gasteiger partial charge in [-0.25, -0.2) is 8.70 Å². The molecule has 8 heteroatoms. The second-order valence-corrected chi connectivity index (χ2v) is 5.81. The van der Waals surface area contributed by atoms with E-state index in [1.807, 2.05) is 22.5 Å². The summed E-state index contributed by atoms with van der Waals surface area (Å²) in [6, 6.07) is 8.77. The summed E-state index contributed by atoms with van der Waals surface area (Å²) in [5.41, 5.74) is 0. The topological polar surface area (TPSA) is 45.2 Å². The number of alkyl halides is 1. The number of halogens is 1. The van der Waals surface area contributed by atoms with Crippen molar-refractivity contribution in [2.24, 2.45) is 0 Å². The monoisotopic (exact) mass is 314 g/mol. The molecule has 0 saturated carbocycles. The molecule has 1 N–H and O–H groups in total. The lowest BCUT2D eigenvalue weighted by Gasteiger charge is -2.30. The molecular weight excluding hydrogens is 294 g/mol. The lowest BCUT2D eigenvalue weighted by Crippen LogP contribution is -2.48. The van der Waals surface area contributed by atoms with E-state index in [-0.39, 0.29) is 12.1 Å². The summed E-state index contributed by atoms with van der Waals surface area (Å²) in [5.74, 6) is 0.596. The average molecular weight is 314 g/mol. The number of rotatable bonds is 7. The lowest BCUT2D eigenvalue weighted by molar-refractivity contribution is -0.0829. The molecular formula is C13H20BFN2O3S. The summed E-state index contributed by atoms with van der Waals surface area (Å²) >= 11 is 1.01. The van der Waals surface area contributed by atoms with E-state index in [9.17, 15) is 9.41 Å². The predicted molar refractivity (Wildman–Crippen MR) is 82.2 cm³/mol. The molecule has 1 aliphatic heterocycles. The van der Waals surface area contributed by atoms with Crippen LogP contribution < -0.4 is 4.89 Å². The number of hydrogen-bond acceptors (Lipinski definition) is 6. The minimum atomic E-state index is -0.601. The van der Waals surface area contributed by atoms with Gasteiger partial charge in [-0.1, -0.05) is 22.5 Å². The zero-order chi connectivity index (χ0) is 15.2. The quantitative estimate of drug-likeness (QED) is 0.273. The number of hydrogen-bond donors (Lipinski definition) is 1. The van der Waals surface area contributed by atoms with Crippen molar-refractivity contribution < 1.29 is 18.6 Å². The van der Waals surface area contributed by atoms with Gasteiger partial charge in [0.25, 0.3) is 0 Å². The van der Waals surface area contributed by atoms with E-state index >= 15 is 0 Å². The molecule has 1 aromatic rings. The Morgan fingerprint density at radius 3 is 2.81 bits per heavy atom. The third kappa shape index (κ3) is 4.34. The molecule has 5 nitrogen and oxygen atoms in total. The summed E-state index contributed by atoms with van der Waals surface area (Å²) in [7, 11) is 1.20. The first-order valence-electron chi connectivity index (χ1n) is 6.92. The highest BCUT2D eigenvalue weighted by Gasteiger charge is 2.39. The lowest BCUT2D eigenvalue weighted by atomic mass is 9.82. The Morgan fingerprint density at radius 2 is 2.19 bits per heavy atom. The highest BCUT2D eigenvalue weighted by molar-refractivity contribution is 7.92. The SMILES string of the molecule is CB(O)N(C)C1CCN(SOOc2ccccc2)C1CF. The van der Waals surface area contributed by atoms with E-state index in [0.29, 0.717) is 12.3 Å². The molecule has 1 aromatic carbocycles. The summed E-state index contributed by atoms with van der Waals surface area (Å²) in [6.07, 6.45) is 0.775. The molecule has 0 bridgehead atoms. The first kappa shape index (κ1) is 16.6. The van der Waals surface area contributed by atoms with E-state index in [1.165, 1.54) is 0 Å². The van der Waals surface area contributed by atoms with E-state index < -0.39 is 13.7 Å². The standard InChI is InChI=1S/C13H20BFN2O3S/c1-14(18)16(2)12-8-9-17(13(12)10-15)21-20-19-11-6-4-3-5-7-11/h3-7,12-13,18H,8-10H2,1-2H3. The normalized spacial score (nSPS) is 22.7. The minimum absolute atomic E-state index is 0.0391. The van der Waals surface area contributed by atoms with Crippen LogP contribution >= 0.6 is 12.2 Å². The molecule has 2 atom stereocenters. The van der Waals surface area contributed by atoms with Crippen LogP contribution in [0.2, 0.25) is 6.82 Å². The van der Waals surface area contributed by atoms with Gasteiger partial charge in [0.2, 0.25) is 0 Å². The molecule has 0 aromatic heterocycles. The van der Waals surface area contributed by atoms with Crippen LogP contribution in [0.25, 0.3) is 0 Å². The van der Waals surface area contributed by atoms with Crippen molar-refractivity contribution in [1.82, 2.24) is 9.12 Å². The van der Waals surface area contributed by atoms with Gasteiger partial charge in [-0.05, 0) is 32.4 Å². The van der Waals surface area contributed by atoms with E-state index in [2.05, 4.69) is 0 Å². The second kappa shape index (κ2) is 8.00. The first-order chi connectivity index (χ1) is 10.1. The van der Waals surface area contributed by atoms with Gasteiger partial charge in [0.1, 0.15) is 18.9 Å². The van der Waals surface area contributed by atoms with Crippen molar-refractivity contribution >= 4 is 19.3 Å². The van der Waals surface area contributed by atoms with Gasteiger partial charge >= 0.3 is 7.05 Å². The number of nitrogens with zero attached hydrogens (tertiary/aromatic N) is 2. The summed E-state index contributed by atoms with van der Waals surface area (Å²) < 4.78 is 20.2. The Balaban J connectivity index is 1.83. The molecule has 0 spiro atoms. The van der Waals surface area contributed by atoms with Crippen molar-refractivity contribution in [2.75, 3.05) is 20.3 Å². The Kier molecular flexibility index (Phi) is 6.31. The zero-order valence-corrected chi connectivity index (χ0v) is 13.0. The maximum atomic E-state index is 13.3. The van der Waals surface area contributed by atoms with Gasteiger partial charge in [0, 0.05) is 12.6 Å². The third-order valence-electron chi connectivity index (χ3n) is 3.73. The number of para-hydroxylation sites is 1. The average Bonchev–Trinajstić information content (AvgIpc) is 2.90. The Labute approximate surface area is 129 Å². The van der Waals surface area contributed by atoms with Crippen molar-refractivity contribution in [3.63, 3.8) is 0 Å². The highest BCUT2D eigenvalue weighted by atomic mass is 32.2. The molecule has 2 unspecified atom stereocenters. The molecule has 21 heavy (non-hydrogen) atoms. The summed E-state index contributed by atoms with van der Waals surface area (Å²) in [4.78, 5) is 6.92. The molecule has 1 heterocycles. The van der Waals surface area contributed by atoms with Gasteiger partial charge in [-0.15, -0.1) is 0 Å². The van der Waals surface area contributed by atoms with Crippen LogP contribution in [-0.4, -0.2) is 53.5 Å². The number of likely N-dealkylation sites (N-methyl/N-ethyl adjacent to an activating group) is 1. The van der Waals surface area contributed by atoms with Crippen molar-refractivity contribution in [3.8, 4) is 5.75 Å². The maximum absolute atomic E-state index is 13.3. The van der Waals surface area contributed by atoms with Crippen LogP contribution in [0, 0.1) is 0 Å². The molecule has 1 saturated heterocycles. The molecule has 0 aliphatic carbocycles. The first-order valence-corrected chi connectivity index (χ1v) is 7.62. The summed E-state index contributed by atoms with van der Waals surface area (Å²) in [5, 5.41) is 9.63. The molecule has 0 amide bonds. The van der Waals surface area contributed by atoms with Gasteiger partial charge in [0.05, 0.1) is 6.04 Å².